The maximum absolute atomic E-state index is 13.3. The molecule has 1 N–H and O–H groups in total. The highest BCUT2D eigenvalue weighted by molar-refractivity contribution is 6.37. The van der Waals surface area contributed by atoms with E-state index in [2.05, 4.69) is 10.5 Å². The summed E-state index contributed by atoms with van der Waals surface area (Å²) in [4.78, 5) is 12.5. The van der Waals surface area contributed by atoms with Gasteiger partial charge in [-0.05, 0) is 66.9 Å². The SMILES string of the molecule is CCCOc1ccc(C(=O)N/N=C/c2cc(Cl)c(OCc3cccc(F)c3)c(Cl)c2)cc1OCC. The molecule has 0 aliphatic rings. The summed E-state index contributed by atoms with van der Waals surface area (Å²) < 4.78 is 30.2. The molecule has 0 saturated carbocycles. The minimum absolute atomic E-state index is 0.104. The number of hydrogen-bond acceptors (Lipinski definition) is 5. The second-order valence-corrected chi connectivity index (χ2v) is 8.19. The summed E-state index contributed by atoms with van der Waals surface area (Å²) in [5, 5.41) is 4.49. The molecule has 0 unspecified atom stereocenters. The van der Waals surface area contributed by atoms with Crippen LogP contribution in [0, 0.1) is 5.82 Å². The zero-order valence-electron chi connectivity index (χ0n) is 19.3. The van der Waals surface area contributed by atoms with E-state index in [0.29, 0.717) is 41.4 Å². The summed E-state index contributed by atoms with van der Waals surface area (Å²) in [6.07, 6.45) is 2.27. The molecule has 0 aliphatic heterocycles. The Morgan fingerprint density at radius 3 is 2.46 bits per heavy atom. The number of carbonyl (C=O) groups is 1. The fourth-order valence-electron chi connectivity index (χ4n) is 3.05. The maximum Gasteiger partial charge on any atom is 0.271 e. The van der Waals surface area contributed by atoms with Crippen molar-refractivity contribution in [2.24, 2.45) is 5.10 Å². The van der Waals surface area contributed by atoms with Crippen LogP contribution in [0.2, 0.25) is 10.0 Å². The summed E-state index contributed by atoms with van der Waals surface area (Å²) in [7, 11) is 0. The van der Waals surface area contributed by atoms with Crippen LogP contribution in [0.15, 0.2) is 59.7 Å². The lowest BCUT2D eigenvalue weighted by atomic mass is 10.2. The predicted octanol–water partition coefficient (Wildman–Crippen LogP) is 6.66. The normalized spacial score (nSPS) is 10.9. The van der Waals surface area contributed by atoms with E-state index < -0.39 is 5.91 Å². The van der Waals surface area contributed by atoms with Gasteiger partial charge in [0.25, 0.3) is 5.91 Å². The van der Waals surface area contributed by atoms with Gasteiger partial charge in [-0.1, -0.05) is 42.3 Å². The second kappa shape index (κ2) is 13.0. The summed E-state index contributed by atoms with van der Waals surface area (Å²) >= 11 is 12.6. The summed E-state index contributed by atoms with van der Waals surface area (Å²) in [5.74, 6) is 0.568. The van der Waals surface area contributed by atoms with Gasteiger partial charge in [0.1, 0.15) is 12.4 Å². The van der Waals surface area contributed by atoms with Crippen LogP contribution in [0.25, 0.3) is 0 Å². The lowest BCUT2D eigenvalue weighted by molar-refractivity contribution is 0.0954. The number of hydrogen-bond donors (Lipinski definition) is 1. The maximum atomic E-state index is 13.3. The molecule has 0 bridgehead atoms. The summed E-state index contributed by atoms with van der Waals surface area (Å²) in [6.45, 7) is 4.96. The van der Waals surface area contributed by atoms with Gasteiger partial charge in [0.15, 0.2) is 17.2 Å². The third-order valence-electron chi connectivity index (χ3n) is 4.64. The Morgan fingerprint density at radius 2 is 1.77 bits per heavy atom. The lowest BCUT2D eigenvalue weighted by Crippen LogP contribution is -2.17. The zero-order valence-corrected chi connectivity index (χ0v) is 20.8. The average Bonchev–Trinajstić information content (AvgIpc) is 2.83. The van der Waals surface area contributed by atoms with Crippen LogP contribution in [0.4, 0.5) is 4.39 Å². The summed E-state index contributed by atoms with van der Waals surface area (Å²) in [6, 6.07) is 14.2. The first kappa shape index (κ1) is 26.3. The van der Waals surface area contributed by atoms with Crippen LogP contribution >= 0.6 is 23.2 Å². The number of nitrogens with one attached hydrogen (secondary N) is 1. The van der Waals surface area contributed by atoms with E-state index in [1.54, 1.807) is 42.5 Å². The summed E-state index contributed by atoms with van der Waals surface area (Å²) in [5.41, 5.74) is 4.03. The molecule has 0 aliphatic carbocycles. The van der Waals surface area contributed by atoms with Gasteiger partial charge in [-0.3, -0.25) is 4.79 Å². The van der Waals surface area contributed by atoms with Crippen molar-refractivity contribution in [2.75, 3.05) is 13.2 Å². The Kier molecular flexibility index (Phi) is 9.76. The molecular formula is C26H25Cl2FN2O4. The van der Waals surface area contributed by atoms with Crippen LogP contribution in [-0.2, 0) is 6.61 Å². The van der Waals surface area contributed by atoms with Crippen molar-refractivity contribution in [3.63, 3.8) is 0 Å². The van der Waals surface area contributed by atoms with Crippen molar-refractivity contribution in [1.82, 2.24) is 5.43 Å². The zero-order chi connectivity index (χ0) is 25.2. The van der Waals surface area contributed by atoms with Gasteiger partial charge in [-0.25, -0.2) is 9.82 Å². The van der Waals surface area contributed by atoms with E-state index in [0.717, 1.165) is 6.42 Å². The molecule has 6 nitrogen and oxygen atoms in total. The van der Waals surface area contributed by atoms with E-state index in [1.165, 1.54) is 18.3 Å². The minimum atomic E-state index is -0.420. The molecule has 184 valence electrons. The van der Waals surface area contributed by atoms with Crippen molar-refractivity contribution < 1.29 is 23.4 Å². The quantitative estimate of drug-likeness (QED) is 0.227. The van der Waals surface area contributed by atoms with Crippen molar-refractivity contribution in [2.45, 2.75) is 26.9 Å². The highest BCUT2D eigenvalue weighted by Gasteiger charge is 2.12. The molecule has 0 fully saturated rings. The van der Waals surface area contributed by atoms with Crippen LogP contribution < -0.4 is 19.6 Å². The monoisotopic (exact) mass is 518 g/mol. The van der Waals surface area contributed by atoms with Gasteiger partial charge in [0.05, 0.1) is 29.5 Å². The molecule has 3 aromatic carbocycles. The molecule has 0 spiro atoms. The van der Waals surface area contributed by atoms with E-state index in [4.69, 9.17) is 37.4 Å². The first-order valence-corrected chi connectivity index (χ1v) is 11.8. The molecule has 3 aromatic rings. The van der Waals surface area contributed by atoms with Crippen molar-refractivity contribution in [1.29, 1.82) is 0 Å². The van der Waals surface area contributed by atoms with Crippen LogP contribution in [0.1, 0.15) is 41.8 Å². The number of nitrogens with zero attached hydrogens (tertiary/aromatic N) is 1. The molecule has 0 atom stereocenters. The molecule has 9 heteroatoms. The fraction of sp³-hybridized carbons (Fsp3) is 0.231. The van der Waals surface area contributed by atoms with Crippen molar-refractivity contribution >= 4 is 35.3 Å². The number of carbonyl (C=O) groups excluding carboxylic acids is 1. The molecule has 0 aromatic heterocycles. The first-order chi connectivity index (χ1) is 16.9. The van der Waals surface area contributed by atoms with Crippen LogP contribution in [-0.4, -0.2) is 25.3 Å². The van der Waals surface area contributed by atoms with Gasteiger partial charge in [-0.2, -0.15) is 5.10 Å². The molecule has 0 radical (unpaired) electrons. The van der Waals surface area contributed by atoms with Gasteiger partial charge in [0, 0.05) is 5.56 Å². The Labute approximate surface area is 213 Å². The third-order valence-corrected chi connectivity index (χ3v) is 5.20. The molecule has 3 rings (SSSR count). The minimum Gasteiger partial charge on any atom is -0.490 e. The number of rotatable bonds is 11. The van der Waals surface area contributed by atoms with E-state index in [9.17, 15) is 9.18 Å². The Morgan fingerprint density at radius 1 is 1.00 bits per heavy atom. The molecule has 0 saturated heterocycles. The first-order valence-electron chi connectivity index (χ1n) is 11.0. The Bertz CT molecular complexity index is 1180. The Hall–Kier alpha value is -3.29. The number of halogens is 3. The predicted molar refractivity (Wildman–Crippen MR) is 136 cm³/mol. The lowest BCUT2D eigenvalue weighted by Gasteiger charge is -2.12. The number of amides is 1. The fourth-order valence-corrected chi connectivity index (χ4v) is 3.67. The topological polar surface area (TPSA) is 69.2 Å². The molecular weight excluding hydrogens is 494 g/mol. The van der Waals surface area contributed by atoms with Crippen LogP contribution in [0.3, 0.4) is 0 Å². The van der Waals surface area contributed by atoms with Gasteiger partial charge >= 0.3 is 0 Å². The molecule has 1 amide bonds. The van der Waals surface area contributed by atoms with Crippen LogP contribution in [0.5, 0.6) is 17.2 Å². The second-order valence-electron chi connectivity index (χ2n) is 7.37. The average molecular weight is 519 g/mol. The van der Waals surface area contributed by atoms with E-state index in [-0.39, 0.29) is 28.2 Å². The van der Waals surface area contributed by atoms with Crippen molar-refractivity contribution in [3.8, 4) is 17.2 Å². The smallest absolute Gasteiger partial charge is 0.271 e. The number of hydrazone groups is 1. The molecule has 0 heterocycles. The molecule has 35 heavy (non-hydrogen) atoms. The highest BCUT2D eigenvalue weighted by Crippen LogP contribution is 2.34. The third kappa shape index (κ3) is 7.60. The standard InChI is InChI=1S/C26H25Cl2FN2O4/c1-3-10-34-23-9-8-19(14-24(23)33-4-2)26(32)31-30-15-18-12-21(27)25(22(28)13-18)35-16-17-6-5-7-20(29)11-17/h5-9,11-15H,3-4,10,16H2,1-2H3,(H,31,32)/b30-15+. The number of ether oxygens (including phenoxy) is 3. The van der Waals surface area contributed by atoms with E-state index in [1.807, 2.05) is 13.8 Å². The van der Waals surface area contributed by atoms with Gasteiger partial charge in [0.2, 0.25) is 0 Å². The van der Waals surface area contributed by atoms with Gasteiger partial charge in [-0.15, -0.1) is 0 Å². The number of benzene rings is 3. The Balaban J connectivity index is 1.64. The largest absolute Gasteiger partial charge is 0.490 e. The van der Waals surface area contributed by atoms with Crippen molar-refractivity contribution in [3.05, 3.63) is 87.2 Å². The van der Waals surface area contributed by atoms with E-state index >= 15 is 0 Å². The highest BCUT2D eigenvalue weighted by atomic mass is 35.5. The van der Waals surface area contributed by atoms with Gasteiger partial charge < -0.3 is 14.2 Å².